The Kier molecular flexibility index (Phi) is 3.75. The Hall–Kier alpha value is -1.71. The summed E-state index contributed by atoms with van der Waals surface area (Å²) in [6, 6.07) is 3.91. The topological polar surface area (TPSA) is 69.6 Å². The monoisotopic (exact) mass is 249 g/mol. The van der Waals surface area contributed by atoms with Crippen LogP contribution in [0, 0.1) is 11.8 Å². The van der Waals surface area contributed by atoms with Gasteiger partial charge in [0, 0.05) is 18.2 Å². The lowest BCUT2D eigenvalue weighted by Gasteiger charge is -2.11. The first-order valence-corrected chi connectivity index (χ1v) is 6.36. The summed E-state index contributed by atoms with van der Waals surface area (Å²) < 4.78 is 0. The summed E-state index contributed by atoms with van der Waals surface area (Å²) in [4.78, 5) is 11.9. The van der Waals surface area contributed by atoms with Gasteiger partial charge in [-0.1, -0.05) is 13.3 Å². The molecule has 2 atom stereocenters. The molecule has 1 aliphatic rings. The van der Waals surface area contributed by atoms with Gasteiger partial charge in [0.15, 0.2) is 0 Å². The minimum atomic E-state index is -0.249. The number of carbonyl (C=O) groups excluding carboxylic acids is 1. The van der Waals surface area contributed by atoms with Gasteiger partial charge in [-0.25, -0.2) is 0 Å². The zero-order valence-corrected chi connectivity index (χ0v) is 10.5. The van der Waals surface area contributed by atoms with Gasteiger partial charge >= 0.3 is 0 Å². The number of hydrogen-bond donors (Lipinski definition) is 3. The van der Waals surface area contributed by atoms with Gasteiger partial charge in [0.05, 0.1) is 0 Å². The number of phenols is 2. The molecule has 1 aliphatic carbocycles. The molecule has 0 saturated heterocycles. The van der Waals surface area contributed by atoms with E-state index < -0.39 is 0 Å². The Labute approximate surface area is 107 Å². The number of aromatic hydroxyl groups is 2. The maximum Gasteiger partial charge on any atom is 0.251 e. The largest absolute Gasteiger partial charge is 0.508 e. The third kappa shape index (κ3) is 3.15. The molecule has 0 bridgehead atoms. The van der Waals surface area contributed by atoms with Crippen LogP contribution in [-0.2, 0) is 0 Å². The Morgan fingerprint density at radius 2 is 1.94 bits per heavy atom. The van der Waals surface area contributed by atoms with Gasteiger partial charge in [-0.3, -0.25) is 4.79 Å². The summed E-state index contributed by atoms with van der Waals surface area (Å²) in [6.07, 6.45) is 3.55. The van der Waals surface area contributed by atoms with Crippen molar-refractivity contribution in [3.05, 3.63) is 23.8 Å². The SMILES string of the molecule is CC1CCC(CNC(=O)c2cc(O)cc(O)c2)C1. The standard InChI is InChI=1S/C14H19NO3/c1-9-2-3-10(4-9)8-15-14(18)11-5-12(16)7-13(17)6-11/h5-7,9-10,16-17H,2-4,8H2,1H3,(H,15,18). The molecule has 2 unspecified atom stereocenters. The van der Waals surface area contributed by atoms with E-state index >= 15 is 0 Å². The molecule has 0 aromatic heterocycles. The lowest BCUT2D eigenvalue weighted by molar-refractivity contribution is 0.0946. The summed E-state index contributed by atoms with van der Waals surface area (Å²) in [5.74, 6) is 0.844. The van der Waals surface area contributed by atoms with Crippen LogP contribution in [0.2, 0.25) is 0 Å². The summed E-state index contributed by atoms with van der Waals surface area (Å²) in [5, 5.41) is 21.5. The fourth-order valence-electron chi connectivity index (χ4n) is 2.58. The molecule has 0 radical (unpaired) electrons. The van der Waals surface area contributed by atoms with Crippen molar-refractivity contribution in [1.82, 2.24) is 5.32 Å². The maximum atomic E-state index is 11.9. The van der Waals surface area contributed by atoms with Crippen LogP contribution in [0.25, 0.3) is 0 Å². The van der Waals surface area contributed by atoms with Gasteiger partial charge in [-0.05, 0) is 36.8 Å². The molecular weight excluding hydrogens is 230 g/mol. The second kappa shape index (κ2) is 5.29. The van der Waals surface area contributed by atoms with Crippen LogP contribution in [0.1, 0.15) is 36.5 Å². The molecule has 0 heterocycles. The summed E-state index contributed by atoms with van der Waals surface area (Å²) >= 11 is 0. The lowest BCUT2D eigenvalue weighted by Crippen LogP contribution is -2.28. The zero-order valence-electron chi connectivity index (χ0n) is 10.5. The zero-order chi connectivity index (χ0) is 13.1. The molecule has 1 aromatic carbocycles. The van der Waals surface area contributed by atoms with E-state index in [0.717, 1.165) is 18.8 Å². The van der Waals surface area contributed by atoms with E-state index in [0.29, 0.717) is 18.0 Å². The molecule has 1 amide bonds. The van der Waals surface area contributed by atoms with Gasteiger partial charge in [-0.15, -0.1) is 0 Å². The minimum Gasteiger partial charge on any atom is -0.508 e. The summed E-state index contributed by atoms with van der Waals surface area (Å²) in [5.41, 5.74) is 0.290. The van der Waals surface area contributed by atoms with E-state index in [1.54, 1.807) is 0 Å². The highest BCUT2D eigenvalue weighted by Crippen LogP contribution is 2.29. The number of hydrogen-bond acceptors (Lipinski definition) is 3. The second-order valence-electron chi connectivity index (χ2n) is 5.23. The molecule has 18 heavy (non-hydrogen) atoms. The van der Waals surface area contributed by atoms with Gasteiger partial charge < -0.3 is 15.5 Å². The molecule has 4 heteroatoms. The van der Waals surface area contributed by atoms with E-state index in [4.69, 9.17) is 0 Å². The quantitative estimate of drug-likeness (QED) is 0.769. The predicted molar refractivity (Wildman–Crippen MR) is 68.6 cm³/mol. The Morgan fingerprint density at radius 1 is 1.28 bits per heavy atom. The van der Waals surface area contributed by atoms with Crippen molar-refractivity contribution in [2.45, 2.75) is 26.2 Å². The average molecular weight is 249 g/mol. The van der Waals surface area contributed by atoms with Crippen LogP contribution in [-0.4, -0.2) is 22.7 Å². The molecule has 0 spiro atoms. The number of nitrogens with one attached hydrogen (secondary N) is 1. The molecule has 98 valence electrons. The number of amides is 1. The number of phenolic OH excluding ortho intramolecular Hbond substituents is 2. The van der Waals surface area contributed by atoms with Gasteiger partial charge in [0.1, 0.15) is 11.5 Å². The number of carbonyl (C=O) groups is 1. The van der Waals surface area contributed by atoms with E-state index in [1.807, 2.05) is 0 Å². The first-order chi connectivity index (χ1) is 8.54. The van der Waals surface area contributed by atoms with Crippen LogP contribution in [0.5, 0.6) is 11.5 Å². The Morgan fingerprint density at radius 3 is 2.50 bits per heavy atom. The normalized spacial score (nSPS) is 22.9. The highest BCUT2D eigenvalue weighted by Gasteiger charge is 2.21. The first-order valence-electron chi connectivity index (χ1n) is 6.36. The van der Waals surface area contributed by atoms with E-state index in [1.165, 1.54) is 24.6 Å². The molecular formula is C14H19NO3. The Balaban J connectivity index is 1.91. The fourth-order valence-corrected chi connectivity index (χ4v) is 2.58. The average Bonchev–Trinajstić information content (AvgIpc) is 2.70. The summed E-state index contributed by atoms with van der Waals surface area (Å²) in [6.45, 7) is 2.90. The fraction of sp³-hybridized carbons (Fsp3) is 0.500. The van der Waals surface area contributed by atoms with Crippen LogP contribution in [0.4, 0.5) is 0 Å². The highest BCUT2D eigenvalue weighted by atomic mass is 16.3. The van der Waals surface area contributed by atoms with Crippen LogP contribution in [0.3, 0.4) is 0 Å². The molecule has 2 rings (SSSR count). The third-order valence-corrected chi connectivity index (χ3v) is 3.52. The van der Waals surface area contributed by atoms with E-state index in [2.05, 4.69) is 12.2 Å². The van der Waals surface area contributed by atoms with Crippen LogP contribution in [0.15, 0.2) is 18.2 Å². The van der Waals surface area contributed by atoms with Crippen LogP contribution < -0.4 is 5.32 Å². The second-order valence-corrected chi connectivity index (χ2v) is 5.23. The van der Waals surface area contributed by atoms with E-state index in [-0.39, 0.29) is 17.4 Å². The van der Waals surface area contributed by atoms with Gasteiger partial charge in [-0.2, -0.15) is 0 Å². The molecule has 1 saturated carbocycles. The molecule has 1 aromatic rings. The first kappa shape index (κ1) is 12.7. The van der Waals surface area contributed by atoms with E-state index in [9.17, 15) is 15.0 Å². The van der Waals surface area contributed by atoms with Crippen molar-refractivity contribution in [2.75, 3.05) is 6.54 Å². The highest BCUT2D eigenvalue weighted by molar-refractivity contribution is 5.95. The predicted octanol–water partition coefficient (Wildman–Crippen LogP) is 2.26. The van der Waals surface area contributed by atoms with Crippen molar-refractivity contribution in [3.63, 3.8) is 0 Å². The molecule has 1 fully saturated rings. The number of rotatable bonds is 3. The third-order valence-electron chi connectivity index (χ3n) is 3.52. The van der Waals surface area contributed by atoms with Crippen molar-refractivity contribution >= 4 is 5.91 Å². The lowest BCUT2D eigenvalue weighted by atomic mass is 10.1. The molecule has 3 N–H and O–H groups in total. The van der Waals surface area contributed by atoms with Crippen LogP contribution >= 0.6 is 0 Å². The minimum absolute atomic E-state index is 0.102. The Bertz CT molecular complexity index is 424. The summed E-state index contributed by atoms with van der Waals surface area (Å²) in [7, 11) is 0. The van der Waals surface area contributed by atoms with Gasteiger partial charge in [0.2, 0.25) is 0 Å². The number of benzene rings is 1. The van der Waals surface area contributed by atoms with Crippen molar-refractivity contribution in [1.29, 1.82) is 0 Å². The van der Waals surface area contributed by atoms with Crippen molar-refractivity contribution in [2.24, 2.45) is 11.8 Å². The van der Waals surface area contributed by atoms with Crippen molar-refractivity contribution < 1.29 is 15.0 Å². The molecule has 4 nitrogen and oxygen atoms in total. The van der Waals surface area contributed by atoms with Gasteiger partial charge in [0.25, 0.3) is 5.91 Å². The maximum absolute atomic E-state index is 11.9. The van der Waals surface area contributed by atoms with Crippen molar-refractivity contribution in [3.8, 4) is 11.5 Å². The smallest absolute Gasteiger partial charge is 0.251 e. The molecule has 0 aliphatic heterocycles.